The first-order chi connectivity index (χ1) is 6.00. The molecular weight excluding hydrogens is 186 g/mol. The molecule has 1 rings (SSSR count). The fourth-order valence-corrected chi connectivity index (χ4v) is 2.12. The van der Waals surface area contributed by atoms with Gasteiger partial charge in [0.25, 0.3) is 5.91 Å². The van der Waals surface area contributed by atoms with E-state index >= 15 is 0 Å². The fourth-order valence-electron chi connectivity index (χ4n) is 2.00. The van der Waals surface area contributed by atoms with Gasteiger partial charge < -0.3 is 4.90 Å². The Labute approximate surface area is 84.6 Å². The second-order valence-electron chi connectivity index (χ2n) is 4.06. The molecule has 1 amide bonds. The van der Waals surface area contributed by atoms with Crippen molar-refractivity contribution in [2.24, 2.45) is 11.8 Å². The molecule has 2 nitrogen and oxygen atoms in total. The SMILES string of the molecule is C=C(Cl)C(=O)N1CC(C)CC(C)C1. The van der Waals surface area contributed by atoms with Crippen LogP contribution in [0.15, 0.2) is 11.6 Å². The van der Waals surface area contributed by atoms with Crippen LogP contribution in [0.25, 0.3) is 0 Å². The van der Waals surface area contributed by atoms with Crippen molar-refractivity contribution in [1.82, 2.24) is 4.90 Å². The maximum atomic E-state index is 11.5. The lowest BCUT2D eigenvalue weighted by Crippen LogP contribution is -2.42. The molecule has 1 aliphatic rings. The largest absolute Gasteiger partial charge is 0.337 e. The van der Waals surface area contributed by atoms with E-state index < -0.39 is 0 Å². The Morgan fingerprint density at radius 2 is 1.85 bits per heavy atom. The highest BCUT2D eigenvalue weighted by Gasteiger charge is 2.25. The van der Waals surface area contributed by atoms with Gasteiger partial charge in [-0.3, -0.25) is 4.79 Å². The minimum Gasteiger partial charge on any atom is -0.337 e. The van der Waals surface area contributed by atoms with Gasteiger partial charge in [0.1, 0.15) is 0 Å². The van der Waals surface area contributed by atoms with E-state index in [1.54, 1.807) is 4.90 Å². The van der Waals surface area contributed by atoms with Crippen LogP contribution >= 0.6 is 11.6 Å². The fraction of sp³-hybridized carbons (Fsp3) is 0.700. The van der Waals surface area contributed by atoms with E-state index in [4.69, 9.17) is 11.6 Å². The number of rotatable bonds is 1. The third kappa shape index (κ3) is 2.73. The molecule has 0 N–H and O–H groups in total. The van der Waals surface area contributed by atoms with Crippen molar-refractivity contribution in [1.29, 1.82) is 0 Å². The predicted molar refractivity (Wildman–Crippen MR) is 54.5 cm³/mol. The predicted octanol–water partition coefficient (Wildman–Crippen LogP) is 2.24. The third-order valence-corrected chi connectivity index (χ3v) is 2.55. The first-order valence-electron chi connectivity index (χ1n) is 4.64. The van der Waals surface area contributed by atoms with Gasteiger partial charge in [-0.25, -0.2) is 0 Å². The molecule has 1 heterocycles. The van der Waals surface area contributed by atoms with Crippen molar-refractivity contribution in [2.75, 3.05) is 13.1 Å². The topological polar surface area (TPSA) is 20.3 Å². The van der Waals surface area contributed by atoms with E-state index in [9.17, 15) is 4.79 Å². The molecule has 2 unspecified atom stereocenters. The quantitative estimate of drug-likeness (QED) is 0.596. The summed E-state index contributed by atoms with van der Waals surface area (Å²) >= 11 is 5.57. The molecule has 1 aliphatic heterocycles. The first-order valence-corrected chi connectivity index (χ1v) is 5.02. The zero-order valence-electron chi connectivity index (χ0n) is 8.22. The van der Waals surface area contributed by atoms with E-state index in [-0.39, 0.29) is 10.9 Å². The van der Waals surface area contributed by atoms with Crippen LogP contribution in [-0.4, -0.2) is 23.9 Å². The highest BCUT2D eigenvalue weighted by atomic mass is 35.5. The normalized spacial score (nSPS) is 28.7. The molecule has 0 spiro atoms. The summed E-state index contributed by atoms with van der Waals surface area (Å²) in [5, 5.41) is 0.126. The molecule has 3 heteroatoms. The van der Waals surface area contributed by atoms with Crippen LogP contribution in [0.2, 0.25) is 0 Å². The van der Waals surface area contributed by atoms with Crippen molar-refractivity contribution in [3.8, 4) is 0 Å². The number of likely N-dealkylation sites (tertiary alicyclic amines) is 1. The molecule has 0 aromatic heterocycles. The summed E-state index contributed by atoms with van der Waals surface area (Å²) in [7, 11) is 0. The summed E-state index contributed by atoms with van der Waals surface area (Å²) in [6.07, 6.45) is 1.19. The van der Waals surface area contributed by atoms with Gasteiger partial charge in [0.2, 0.25) is 0 Å². The Bertz CT molecular complexity index is 217. The van der Waals surface area contributed by atoms with Crippen LogP contribution in [0.3, 0.4) is 0 Å². The average molecular weight is 202 g/mol. The number of carbonyl (C=O) groups is 1. The number of piperidine rings is 1. The van der Waals surface area contributed by atoms with Gasteiger partial charge in [0.05, 0.1) is 5.03 Å². The van der Waals surface area contributed by atoms with Gasteiger partial charge in [-0.2, -0.15) is 0 Å². The van der Waals surface area contributed by atoms with E-state index in [1.165, 1.54) is 6.42 Å². The van der Waals surface area contributed by atoms with E-state index in [2.05, 4.69) is 20.4 Å². The summed E-state index contributed by atoms with van der Waals surface area (Å²) in [6.45, 7) is 9.40. The summed E-state index contributed by atoms with van der Waals surface area (Å²) in [5.74, 6) is 1.03. The van der Waals surface area contributed by atoms with Crippen LogP contribution in [0.1, 0.15) is 20.3 Å². The summed E-state index contributed by atoms with van der Waals surface area (Å²) in [4.78, 5) is 13.3. The zero-order valence-corrected chi connectivity index (χ0v) is 8.97. The zero-order chi connectivity index (χ0) is 10.0. The lowest BCUT2D eigenvalue weighted by Gasteiger charge is -2.34. The van der Waals surface area contributed by atoms with Crippen molar-refractivity contribution in [2.45, 2.75) is 20.3 Å². The maximum Gasteiger partial charge on any atom is 0.264 e. The van der Waals surface area contributed by atoms with E-state index in [1.807, 2.05) is 0 Å². The van der Waals surface area contributed by atoms with E-state index in [0.29, 0.717) is 11.8 Å². The van der Waals surface area contributed by atoms with Gasteiger partial charge in [0.15, 0.2) is 0 Å². The smallest absolute Gasteiger partial charge is 0.264 e. The number of hydrogen-bond donors (Lipinski definition) is 0. The minimum atomic E-state index is -0.111. The van der Waals surface area contributed by atoms with Crippen molar-refractivity contribution < 1.29 is 4.79 Å². The molecule has 0 radical (unpaired) electrons. The molecule has 74 valence electrons. The summed E-state index contributed by atoms with van der Waals surface area (Å²) in [6, 6.07) is 0. The minimum absolute atomic E-state index is 0.111. The molecule has 2 atom stereocenters. The van der Waals surface area contributed by atoms with Crippen LogP contribution in [0.5, 0.6) is 0 Å². The Morgan fingerprint density at radius 3 is 2.23 bits per heavy atom. The second-order valence-corrected chi connectivity index (χ2v) is 4.52. The molecular formula is C10H16ClNO. The molecule has 0 aromatic carbocycles. The monoisotopic (exact) mass is 201 g/mol. The van der Waals surface area contributed by atoms with Gasteiger partial charge in [-0.15, -0.1) is 0 Å². The average Bonchev–Trinajstić information content (AvgIpc) is 2.01. The first kappa shape index (κ1) is 10.6. The Balaban J connectivity index is 2.60. The van der Waals surface area contributed by atoms with Crippen LogP contribution < -0.4 is 0 Å². The van der Waals surface area contributed by atoms with Crippen molar-refractivity contribution >= 4 is 17.5 Å². The summed E-state index contributed by atoms with van der Waals surface area (Å²) in [5.41, 5.74) is 0. The standard InChI is InChI=1S/C10H16ClNO/c1-7-4-8(2)6-12(5-7)10(13)9(3)11/h7-8H,3-6H2,1-2H3. The molecule has 0 aromatic rings. The van der Waals surface area contributed by atoms with Gasteiger partial charge in [0, 0.05) is 13.1 Å². The molecule has 1 saturated heterocycles. The van der Waals surface area contributed by atoms with Crippen molar-refractivity contribution in [3.63, 3.8) is 0 Å². The highest BCUT2D eigenvalue weighted by molar-refractivity contribution is 6.41. The second kappa shape index (κ2) is 4.14. The number of hydrogen-bond acceptors (Lipinski definition) is 1. The third-order valence-electron chi connectivity index (χ3n) is 2.39. The van der Waals surface area contributed by atoms with Gasteiger partial charge in [-0.05, 0) is 18.3 Å². The van der Waals surface area contributed by atoms with E-state index in [0.717, 1.165) is 13.1 Å². The van der Waals surface area contributed by atoms with Crippen LogP contribution in [-0.2, 0) is 4.79 Å². The number of halogens is 1. The number of amides is 1. The van der Waals surface area contributed by atoms with Gasteiger partial charge in [-0.1, -0.05) is 32.0 Å². The maximum absolute atomic E-state index is 11.5. The molecule has 0 saturated carbocycles. The Morgan fingerprint density at radius 1 is 1.38 bits per heavy atom. The van der Waals surface area contributed by atoms with Crippen molar-refractivity contribution in [3.05, 3.63) is 11.6 Å². The number of nitrogens with zero attached hydrogens (tertiary/aromatic N) is 1. The van der Waals surface area contributed by atoms with Crippen LogP contribution in [0, 0.1) is 11.8 Å². The molecule has 0 bridgehead atoms. The van der Waals surface area contributed by atoms with Crippen LogP contribution in [0.4, 0.5) is 0 Å². The Hall–Kier alpha value is -0.500. The summed E-state index contributed by atoms with van der Waals surface area (Å²) < 4.78 is 0. The molecule has 1 fully saturated rings. The number of carbonyl (C=O) groups excluding carboxylic acids is 1. The lowest BCUT2D eigenvalue weighted by molar-refractivity contribution is -0.129. The highest BCUT2D eigenvalue weighted by Crippen LogP contribution is 2.22. The molecule has 0 aliphatic carbocycles. The Kier molecular flexibility index (Phi) is 3.37. The lowest BCUT2D eigenvalue weighted by atomic mass is 9.92. The van der Waals surface area contributed by atoms with Gasteiger partial charge >= 0.3 is 0 Å². The molecule has 13 heavy (non-hydrogen) atoms.